The maximum absolute atomic E-state index is 12.2. The van der Waals surface area contributed by atoms with E-state index in [-0.39, 0.29) is 23.6 Å². The maximum Gasteiger partial charge on any atom is 0.226 e. The average molecular weight is 307 g/mol. The second-order valence-corrected chi connectivity index (χ2v) is 7.25. The molecule has 0 saturated heterocycles. The van der Waals surface area contributed by atoms with Gasteiger partial charge in [-0.2, -0.15) is 0 Å². The zero-order chi connectivity index (χ0) is 15.1. The molecule has 0 radical (unpaired) electrons. The van der Waals surface area contributed by atoms with Crippen LogP contribution in [-0.2, 0) is 4.79 Å². The van der Waals surface area contributed by atoms with E-state index in [9.17, 15) is 4.79 Å². The normalized spacial score (nSPS) is 13.6. The summed E-state index contributed by atoms with van der Waals surface area (Å²) in [6.07, 6.45) is 1.65. The summed E-state index contributed by atoms with van der Waals surface area (Å²) in [7, 11) is 2.46. The molecule has 7 heteroatoms. The Morgan fingerprint density at radius 2 is 2.00 bits per heavy atom. The number of hydrogen-bond acceptors (Lipinski definition) is 2. The molecule has 0 bridgehead atoms. The van der Waals surface area contributed by atoms with Gasteiger partial charge >= 0.3 is 0 Å². The second kappa shape index (κ2) is 7.94. The van der Waals surface area contributed by atoms with Crippen LogP contribution in [0.1, 0.15) is 40.5 Å². The minimum atomic E-state index is -0.464. The third-order valence-electron chi connectivity index (χ3n) is 3.06. The van der Waals surface area contributed by atoms with Crippen LogP contribution < -0.4 is 5.32 Å². The van der Waals surface area contributed by atoms with Crippen molar-refractivity contribution in [2.45, 2.75) is 46.3 Å². The van der Waals surface area contributed by atoms with Crippen LogP contribution in [0.15, 0.2) is 5.11 Å². The van der Waals surface area contributed by atoms with Crippen molar-refractivity contribution in [3.63, 3.8) is 0 Å². The number of rotatable bonds is 8. The monoisotopic (exact) mass is 306 g/mol. The van der Waals surface area contributed by atoms with E-state index in [4.69, 9.17) is 17.1 Å². The molecule has 0 spiro atoms. The molecule has 0 aromatic carbocycles. The number of amides is 1. The Hall–Kier alpha value is -0.500. The predicted octanol–water partition coefficient (Wildman–Crippen LogP) is 3.69. The number of halogens is 1. The van der Waals surface area contributed by atoms with E-state index in [1.807, 2.05) is 13.8 Å². The van der Waals surface area contributed by atoms with Crippen LogP contribution in [0.3, 0.4) is 0 Å². The van der Waals surface area contributed by atoms with Crippen LogP contribution in [-0.4, -0.2) is 24.1 Å². The molecule has 0 aliphatic carbocycles. The Morgan fingerprint density at radius 1 is 1.42 bits per heavy atom. The number of nitrogens with one attached hydrogen (secondary N) is 1. The van der Waals surface area contributed by atoms with Crippen molar-refractivity contribution >= 4 is 26.7 Å². The van der Waals surface area contributed by atoms with Crippen molar-refractivity contribution in [3.8, 4) is 0 Å². The molecule has 0 saturated carbocycles. The third-order valence-corrected chi connectivity index (χ3v) is 4.16. The van der Waals surface area contributed by atoms with Gasteiger partial charge in [0, 0.05) is 28.5 Å². The highest BCUT2D eigenvalue weighted by molar-refractivity contribution is 7.17. The molecule has 0 aromatic rings. The van der Waals surface area contributed by atoms with Crippen LogP contribution >= 0.6 is 20.8 Å². The lowest BCUT2D eigenvalue weighted by Gasteiger charge is -2.30. The number of carbonyl (C=O) groups excluding carboxylic acids is 1. The molecule has 2 atom stereocenters. The Kier molecular flexibility index (Phi) is 7.73. The van der Waals surface area contributed by atoms with Gasteiger partial charge in [0.2, 0.25) is 5.91 Å². The number of carbonyl (C=O) groups is 1. The van der Waals surface area contributed by atoms with Crippen LogP contribution in [0.5, 0.6) is 0 Å². The fraction of sp³-hybridized carbons (Fsp3) is 0.917. The lowest BCUT2D eigenvalue weighted by molar-refractivity contribution is -0.130. The summed E-state index contributed by atoms with van der Waals surface area (Å²) in [5.41, 5.74) is 7.80. The summed E-state index contributed by atoms with van der Waals surface area (Å²) in [6, 6.07) is 0. The molecule has 5 nitrogen and oxygen atoms in total. The van der Waals surface area contributed by atoms with Crippen molar-refractivity contribution in [1.82, 2.24) is 5.32 Å². The molecule has 0 aliphatic heterocycles. The summed E-state index contributed by atoms with van der Waals surface area (Å²) in [5, 5.41) is 6.27. The molecule has 0 fully saturated rings. The summed E-state index contributed by atoms with van der Waals surface area (Å²) in [4.78, 5) is 14.8. The Bertz CT molecular complexity index is 354. The lowest BCUT2D eigenvalue weighted by Crippen LogP contribution is -2.42. The van der Waals surface area contributed by atoms with Crippen molar-refractivity contribution in [1.29, 1.82) is 0 Å². The molecule has 110 valence electrons. The summed E-state index contributed by atoms with van der Waals surface area (Å²) in [6.45, 7) is 8.24. The standard InChI is InChI=1S/C12H24ClN4OP/c1-11(2,8-13)5-6-12(3,4)10(18)16-9(19)7-15-17-14/h9H,5-8,19H2,1-4H3,(H,16,18). The number of azide groups is 1. The molecular formula is C12H24ClN4OP. The van der Waals surface area contributed by atoms with Gasteiger partial charge in [-0.05, 0) is 23.8 Å². The molecule has 0 aliphatic rings. The summed E-state index contributed by atoms with van der Waals surface area (Å²) in [5.74, 6) is 0.308. The fourth-order valence-electron chi connectivity index (χ4n) is 1.37. The molecule has 2 unspecified atom stereocenters. The topological polar surface area (TPSA) is 77.9 Å². The zero-order valence-corrected chi connectivity index (χ0v) is 14.0. The second-order valence-electron chi connectivity index (χ2n) is 6.18. The zero-order valence-electron chi connectivity index (χ0n) is 12.1. The van der Waals surface area contributed by atoms with Crippen LogP contribution in [0, 0.1) is 10.8 Å². The van der Waals surface area contributed by atoms with Crippen LogP contribution in [0.25, 0.3) is 10.4 Å². The lowest BCUT2D eigenvalue weighted by atomic mass is 9.79. The molecule has 1 N–H and O–H groups in total. The predicted molar refractivity (Wildman–Crippen MR) is 83.2 cm³/mol. The number of nitrogens with zero attached hydrogens (tertiary/aromatic N) is 3. The van der Waals surface area contributed by atoms with Gasteiger partial charge in [-0.3, -0.25) is 4.79 Å². The highest BCUT2D eigenvalue weighted by atomic mass is 35.5. The Balaban J connectivity index is 4.39. The highest BCUT2D eigenvalue weighted by Gasteiger charge is 2.30. The van der Waals surface area contributed by atoms with Gasteiger partial charge in [0.15, 0.2) is 0 Å². The first-order valence-electron chi connectivity index (χ1n) is 6.28. The largest absolute Gasteiger partial charge is 0.349 e. The Morgan fingerprint density at radius 3 is 2.47 bits per heavy atom. The quantitative estimate of drug-likeness (QED) is 0.240. The minimum Gasteiger partial charge on any atom is -0.349 e. The smallest absolute Gasteiger partial charge is 0.226 e. The van der Waals surface area contributed by atoms with Crippen molar-refractivity contribution in [2.24, 2.45) is 15.9 Å². The van der Waals surface area contributed by atoms with E-state index in [1.165, 1.54) is 0 Å². The Labute approximate surface area is 122 Å². The van der Waals surface area contributed by atoms with Gasteiger partial charge in [-0.25, -0.2) is 0 Å². The molecule has 1 amide bonds. The van der Waals surface area contributed by atoms with Crippen molar-refractivity contribution in [3.05, 3.63) is 10.4 Å². The SMILES string of the molecule is CC(C)(CCl)CCC(C)(C)C(=O)NC(P)CN=[N+]=[N-]. The summed E-state index contributed by atoms with van der Waals surface area (Å²) >= 11 is 5.89. The molecule has 0 rings (SSSR count). The maximum atomic E-state index is 12.2. The molecule has 0 heterocycles. The number of hydrogen-bond donors (Lipinski definition) is 1. The first-order chi connectivity index (χ1) is 8.64. The van der Waals surface area contributed by atoms with Gasteiger partial charge in [-0.1, -0.05) is 32.8 Å². The first kappa shape index (κ1) is 18.5. The van der Waals surface area contributed by atoms with Gasteiger partial charge in [-0.15, -0.1) is 20.8 Å². The van der Waals surface area contributed by atoms with Crippen LogP contribution in [0.4, 0.5) is 0 Å². The van der Waals surface area contributed by atoms with Crippen molar-refractivity contribution < 1.29 is 4.79 Å². The van der Waals surface area contributed by atoms with Gasteiger partial charge < -0.3 is 5.32 Å². The van der Waals surface area contributed by atoms with Crippen molar-refractivity contribution in [2.75, 3.05) is 12.4 Å². The minimum absolute atomic E-state index is 0.0323. The number of alkyl halides is 1. The van der Waals surface area contributed by atoms with Gasteiger partial charge in [0.25, 0.3) is 0 Å². The fourth-order valence-corrected chi connectivity index (χ4v) is 1.74. The van der Waals surface area contributed by atoms with E-state index < -0.39 is 5.41 Å². The van der Waals surface area contributed by atoms with E-state index in [2.05, 4.69) is 38.4 Å². The third kappa shape index (κ3) is 7.61. The average Bonchev–Trinajstić information content (AvgIpc) is 2.34. The summed E-state index contributed by atoms with van der Waals surface area (Å²) < 4.78 is 0. The van der Waals surface area contributed by atoms with E-state index in [0.717, 1.165) is 12.8 Å². The first-order valence-corrected chi connectivity index (χ1v) is 7.48. The molecule has 0 aromatic heterocycles. The van der Waals surface area contributed by atoms with E-state index in [0.29, 0.717) is 5.88 Å². The van der Waals surface area contributed by atoms with E-state index in [1.54, 1.807) is 0 Å². The van der Waals surface area contributed by atoms with Gasteiger partial charge in [0.1, 0.15) is 0 Å². The molecular weight excluding hydrogens is 283 g/mol. The van der Waals surface area contributed by atoms with Gasteiger partial charge in [0.05, 0.1) is 0 Å². The molecule has 19 heavy (non-hydrogen) atoms. The van der Waals surface area contributed by atoms with E-state index >= 15 is 0 Å². The van der Waals surface area contributed by atoms with Crippen LogP contribution in [0.2, 0.25) is 0 Å². The highest BCUT2D eigenvalue weighted by Crippen LogP contribution is 2.32.